The second-order valence-electron chi connectivity index (χ2n) is 9.94. The second kappa shape index (κ2) is 8.72. The number of ether oxygens (including phenoxy) is 4. The zero-order valence-corrected chi connectivity index (χ0v) is 20.8. The van der Waals surface area contributed by atoms with Gasteiger partial charge in [-0.3, -0.25) is 4.79 Å². The number of hydrogen-bond acceptors (Lipinski definition) is 6. The third kappa shape index (κ3) is 4.21. The molecule has 3 aromatic carbocycles. The summed E-state index contributed by atoms with van der Waals surface area (Å²) in [5.41, 5.74) is 2.86. The highest BCUT2D eigenvalue weighted by Crippen LogP contribution is 2.52. The minimum absolute atomic E-state index is 0.0548. The second-order valence-corrected chi connectivity index (χ2v) is 9.94. The zero-order valence-electron chi connectivity index (χ0n) is 20.8. The smallest absolute Gasteiger partial charge is 0.485 e. The van der Waals surface area contributed by atoms with Gasteiger partial charge in [0.1, 0.15) is 11.9 Å². The van der Waals surface area contributed by atoms with Crippen molar-refractivity contribution in [1.29, 1.82) is 0 Å². The lowest BCUT2D eigenvalue weighted by molar-refractivity contribution is -0.286. The average molecular weight is 522 g/mol. The molecule has 6 rings (SSSR count). The molecule has 2 atom stereocenters. The molecule has 0 unspecified atom stereocenters. The summed E-state index contributed by atoms with van der Waals surface area (Å²) in [6.07, 6.45) is -2.52. The number of esters is 1. The number of alkyl halides is 2. The van der Waals surface area contributed by atoms with E-state index in [0.29, 0.717) is 36.1 Å². The predicted octanol–water partition coefficient (Wildman–Crippen LogP) is 5.52. The lowest BCUT2D eigenvalue weighted by Gasteiger charge is -2.34. The number of halogens is 2. The highest BCUT2D eigenvalue weighted by atomic mass is 19.3. The van der Waals surface area contributed by atoms with E-state index in [1.165, 1.54) is 19.2 Å². The molecule has 38 heavy (non-hydrogen) atoms. The van der Waals surface area contributed by atoms with Crippen LogP contribution in [0, 0.1) is 6.92 Å². The Hall–Kier alpha value is -4.14. The first-order valence-electron chi connectivity index (χ1n) is 12.3. The van der Waals surface area contributed by atoms with E-state index in [4.69, 9.17) is 9.47 Å². The molecule has 1 saturated carbocycles. The maximum Gasteiger partial charge on any atom is 0.586 e. The molecular formula is C29H25F2NO6. The van der Waals surface area contributed by atoms with Crippen molar-refractivity contribution in [2.24, 2.45) is 0 Å². The topological polar surface area (TPSA) is 83.1 Å². The van der Waals surface area contributed by atoms with Gasteiger partial charge in [0, 0.05) is 12.0 Å². The van der Waals surface area contributed by atoms with Crippen molar-refractivity contribution < 1.29 is 37.3 Å². The van der Waals surface area contributed by atoms with Gasteiger partial charge < -0.3 is 24.3 Å². The van der Waals surface area contributed by atoms with Crippen LogP contribution in [0.15, 0.2) is 60.7 Å². The van der Waals surface area contributed by atoms with Crippen LogP contribution in [0.5, 0.6) is 17.2 Å². The monoisotopic (exact) mass is 521 g/mol. The summed E-state index contributed by atoms with van der Waals surface area (Å²) in [4.78, 5) is 25.8. The molecule has 1 fully saturated rings. The summed E-state index contributed by atoms with van der Waals surface area (Å²) in [5, 5.41) is 3.21. The molecule has 0 aromatic heterocycles. The molecule has 3 aliphatic rings. The van der Waals surface area contributed by atoms with Gasteiger partial charge in [0.15, 0.2) is 11.5 Å². The lowest BCUT2D eigenvalue weighted by atomic mass is 9.89. The first kappa shape index (κ1) is 24.2. The van der Waals surface area contributed by atoms with Gasteiger partial charge in [-0.15, -0.1) is 8.78 Å². The molecule has 3 aromatic rings. The number of methoxy groups -OCH3 is 1. The van der Waals surface area contributed by atoms with Crippen LogP contribution in [0.2, 0.25) is 0 Å². The van der Waals surface area contributed by atoms with Crippen LogP contribution in [0.4, 0.5) is 8.78 Å². The number of fused-ring (bicyclic) bond motifs is 2. The van der Waals surface area contributed by atoms with E-state index >= 15 is 0 Å². The largest absolute Gasteiger partial charge is 0.586 e. The summed E-state index contributed by atoms with van der Waals surface area (Å²) in [5.74, 6) is -0.119. The number of carbonyl (C=O) groups excluding carboxylic acids is 2. The number of rotatable bonds is 5. The van der Waals surface area contributed by atoms with Crippen LogP contribution in [0.1, 0.15) is 64.0 Å². The van der Waals surface area contributed by atoms with Crippen molar-refractivity contribution >= 4 is 11.9 Å². The van der Waals surface area contributed by atoms with Crippen molar-refractivity contribution in [3.63, 3.8) is 0 Å². The molecule has 1 amide bonds. The van der Waals surface area contributed by atoms with Crippen molar-refractivity contribution in [2.75, 3.05) is 7.11 Å². The van der Waals surface area contributed by atoms with Gasteiger partial charge in [0.25, 0.3) is 0 Å². The Morgan fingerprint density at radius 3 is 2.50 bits per heavy atom. The first-order chi connectivity index (χ1) is 18.2. The van der Waals surface area contributed by atoms with E-state index in [1.54, 1.807) is 24.3 Å². The molecule has 1 aliphatic carbocycles. The summed E-state index contributed by atoms with van der Waals surface area (Å²) in [6, 6.07) is 17.0. The van der Waals surface area contributed by atoms with E-state index in [-0.39, 0.29) is 23.4 Å². The summed E-state index contributed by atoms with van der Waals surface area (Å²) in [6.45, 7) is 1.97. The fourth-order valence-electron chi connectivity index (χ4n) is 5.23. The first-order valence-corrected chi connectivity index (χ1v) is 12.3. The van der Waals surface area contributed by atoms with Gasteiger partial charge >= 0.3 is 12.3 Å². The van der Waals surface area contributed by atoms with Gasteiger partial charge in [0.2, 0.25) is 5.91 Å². The van der Waals surface area contributed by atoms with Crippen molar-refractivity contribution in [2.45, 2.75) is 50.0 Å². The van der Waals surface area contributed by atoms with Gasteiger partial charge in [-0.2, -0.15) is 0 Å². The highest BCUT2D eigenvalue weighted by Gasteiger charge is 2.53. The summed E-state index contributed by atoms with van der Waals surface area (Å²) in [7, 11) is 1.33. The minimum atomic E-state index is -3.72. The molecule has 0 saturated heterocycles. The SMILES string of the molecule is COC(=O)c1cccc([C@H]2C[C@@H](NC(=O)C3(c4ccc5c(c4)OC(F)(F)O5)CC3)c3cc(C)ccc3O2)c1. The maximum atomic E-state index is 13.7. The Bertz CT molecular complexity index is 1450. The highest BCUT2D eigenvalue weighted by molar-refractivity contribution is 5.92. The molecule has 2 heterocycles. The molecule has 2 aliphatic heterocycles. The molecule has 196 valence electrons. The van der Waals surface area contributed by atoms with Crippen molar-refractivity contribution in [1.82, 2.24) is 5.32 Å². The van der Waals surface area contributed by atoms with Crippen LogP contribution in [0.3, 0.4) is 0 Å². The fraction of sp³-hybridized carbons (Fsp3) is 0.310. The average Bonchev–Trinajstić information content (AvgIpc) is 3.65. The summed E-state index contributed by atoms with van der Waals surface area (Å²) < 4.78 is 47.3. The van der Waals surface area contributed by atoms with E-state index in [1.807, 2.05) is 31.2 Å². The molecule has 0 radical (unpaired) electrons. The third-order valence-corrected chi connectivity index (χ3v) is 7.38. The van der Waals surface area contributed by atoms with Crippen LogP contribution < -0.4 is 19.5 Å². The number of aryl methyl sites for hydroxylation is 1. The standard InChI is InChI=1S/C29H25F2NO6/c1-16-6-8-22-20(12-16)21(15-24(36-22)17-4-3-5-18(13-17)26(33)35-2)32-27(34)28(10-11-28)19-7-9-23-25(14-19)38-29(30,31)37-23/h3-9,12-14,21,24H,10-11,15H2,1-2H3,(H,32,34)/t21-,24-/m1/s1. The Balaban J connectivity index is 1.28. The van der Waals surface area contributed by atoms with Crippen LogP contribution >= 0.6 is 0 Å². The maximum absolute atomic E-state index is 13.7. The summed E-state index contributed by atoms with van der Waals surface area (Å²) >= 11 is 0. The molecule has 0 spiro atoms. The molecule has 9 heteroatoms. The third-order valence-electron chi connectivity index (χ3n) is 7.38. The van der Waals surface area contributed by atoms with Crippen LogP contribution in [-0.2, 0) is 14.9 Å². The minimum Gasteiger partial charge on any atom is -0.485 e. The number of carbonyl (C=O) groups is 2. The number of nitrogens with one attached hydrogen (secondary N) is 1. The molecule has 7 nitrogen and oxygen atoms in total. The lowest BCUT2D eigenvalue weighted by Crippen LogP contribution is -2.39. The van der Waals surface area contributed by atoms with Gasteiger partial charge in [-0.25, -0.2) is 4.79 Å². The quantitative estimate of drug-likeness (QED) is 0.446. The van der Waals surface area contributed by atoms with E-state index in [0.717, 1.165) is 16.7 Å². The normalized spacial score (nSPS) is 21.6. The van der Waals surface area contributed by atoms with E-state index in [9.17, 15) is 18.4 Å². The Labute approximate surface area is 217 Å². The Kier molecular flexibility index (Phi) is 5.55. The fourth-order valence-corrected chi connectivity index (χ4v) is 5.23. The van der Waals surface area contributed by atoms with E-state index in [2.05, 4.69) is 14.8 Å². The zero-order chi connectivity index (χ0) is 26.7. The van der Waals surface area contributed by atoms with Crippen molar-refractivity contribution in [3.05, 3.63) is 88.5 Å². The predicted molar refractivity (Wildman–Crippen MR) is 131 cm³/mol. The van der Waals surface area contributed by atoms with Crippen LogP contribution in [0.25, 0.3) is 0 Å². The number of amides is 1. The van der Waals surface area contributed by atoms with Crippen molar-refractivity contribution in [3.8, 4) is 17.2 Å². The Morgan fingerprint density at radius 1 is 0.974 bits per heavy atom. The van der Waals surface area contributed by atoms with Gasteiger partial charge in [0.05, 0.1) is 24.1 Å². The number of benzene rings is 3. The molecule has 0 bridgehead atoms. The van der Waals surface area contributed by atoms with Gasteiger partial charge in [-0.1, -0.05) is 35.9 Å². The Morgan fingerprint density at radius 2 is 1.74 bits per heavy atom. The van der Waals surface area contributed by atoms with E-state index < -0.39 is 23.8 Å². The molecular weight excluding hydrogens is 496 g/mol. The van der Waals surface area contributed by atoms with Gasteiger partial charge in [-0.05, 0) is 61.2 Å². The molecule has 1 N–H and O–H groups in total. The van der Waals surface area contributed by atoms with Crippen LogP contribution in [-0.4, -0.2) is 25.3 Å². The number of hydrogen-bond donors (Lipinski definition) is 1.